The van der Waals surface area contributed by atoms with E-state index in [1.54, 1.807) is 0 Å². The average Bonchev–Trinajstić information content (AvgIpc) is 2.45. The molecule has 0 aromatic heterocycles. The van der Waals surface area contributed by atoms with Crippen molar-refractivity contribution in [2.24, 2.45) is 11.8 Å². The minimum atomic E-state index is -0.883. The van der Waals surface area contributed by atoms with E-state index < -0.39 is 17.8 Å². The Kier molecular flexibility index (Phi) is 6.71. The van der Waals surface area contributed by atoms with Crippen LogP contribution in [0.15, 0.2) is 12.2 Å². The van der Waals surface area contributed by atoms with Crippen LogP contribution in [0.4, 0.5) is 0 Å². The second kappa shape index (κ2) is 8.04. The number of nitrogens with zero attached hydrogens (tertiary/aromatic N) is 1. The smallest absolute Gasteiger partial charge is 0.307 e. The summed E-state index contributed by atoms with van der Waals surface area (Å²) in [5, 5.41) is 12.0. The SMILES string of the molecule is CCC(C)N(C)CCNC(=O)[C@@H]1CC=CC[C@@H]1C(=O)O. The number of carboxylic acids is 1. The maximum atomic E-state index is 12.1. The molecule has 0 aromatic carbocycles. The highest BCUT2D eigenvalue weighted by atomic mass is 16.4. The molecule has 2 N–H and O–H groups in total. The monoisotopic (exact) mass is 282 g/mol. The van der Waals surface area contributed by atoms with E-state index in [0.717, 1.165) is 13.0 Å². The molecular weight excluding hydrogens is 256 g/mol. The minimum absolute atomic E-state index is 0.140. The van der Waals surface area contributed by atoms with Gasteiger partial charge in [0.2, 0.25) is 5.91 Å². The van der Waals surface area contributed by atoms with Crippen LogP contribution in [0.1, 0.15) is 33.1 Å². The highest BCUT2D eigenvalue weighted by Crippen LogP contribution is 2.25. The Morgan fingerprint density at radius 3 is 2.50 bits per heavy atom. The lowest BCUT2D eigenvalue weighted by atomic mass is 9.82. The van der Waals surface area contributed by atoms with E-state index >= 15 is 0 Å². The maximum absolute atomic E-state index is 12.1. The predicted octanol–water partition coefficient (Wildman–Crippen LogP) is 1.50. The van der Waals surface area contributed by atoms with E-state index in [9.17, 15) is 9.59 Å². The van der Waals surface area contributed by atoms with Gasteiger partial charge in [0.1, 0.15) is 0 Å². The fourth-order valence-corrected chi connectivity index (χ4v) is 2.40. The molecule has 0 saturated carbocycles. The third-order valence-electron chi connectivity index (χ3n) is 4.19. The first-order chi connectivity index (χ1) is 9.47. The van der Waals surface area contributed by atoms with Crippen molar-refractivity contribution in [1.29, 1.82) is 0 Å². The summed E-state index contributed by atoms with van der Waals surface area (Å²) in [7, 11) is 2.03. The van der Waals surface area contributed by atoms with E-state index in [4.69, 9.17) is 5.11 Å². The molecule has 5 heteroatoms. The number of aliphatic carboxylic acids is 1. The summed E-state index contributed by atoms with van der Waals surface area (Å²) in [4.78, 5) is 25.5. The number of hydrogen-bond donors (Lipinski definition) is 2. The third-order valence-corrected chi connectivity index (χ3v) is 4.19. The van der Waals surface area contributed by atoms with Gasteiger partial charge in [0.05, 0.1) is 11.8 Å². The Morgan fingerprint density at radius 1 is 1.35 bits per heavy atom. The lowest BCUT2D eigenvalue weighted by molar-refractivity contribution is -0.147. The molecule has 0 radical (unpaired) electrons. The molecule has 1 aliphatic carbocycles. The standard InChI is InChI=1S/C15H26N2O3/c1-4-11(2)17(3)10-9-16-14(18)12-7-5-6-8-13(12)15(19)20/h5-6,11-13H,4,7-10H2,1-3H3,(H,16,18)(H,19,20)/t11?,12-,13+/m1/s1. The molecule has 0 aliphatic heterocycles. The molecule has 0 aromatic rings. The van der Waals surface area contributed by atoms with Crippen molar-refractivity contribution in [2.45, 2.75) is 39.2 Å². The van der Waals surface area contributed by atoms with Gasteiger partial charge in [-0.1, -0.05) is 19.1 Å². The van der Waals surface area contributed by atoms with Crippen molar-refractivity contribution in [2.75, 3.05) is 20.1 Å². The van der Waals surface area contributed by atoms with Gasteiger partial charge >= 0.3 is 5.97 Å². The first kappa shape index (κ1) is 16.7. The average molecular weight is 282 g/mol. The summed E-state index contributed by atoms with van der Waals surface area (Å²) in [5.41, 5.74) is 0. The number of rotatable bonds is 7. The fourth-order valence-electron chi connectivity index (χ4n) is 2.40. The van der Waals surface area contributed by atoms with Gasteiger partial charge in [-0.05, 0) is 33.2 Å². The van der Waals surface area contributed by atoms with Crippen LogP contribution in [0.3, 0.4) is 0 Å². The van der Waals surface area contributed by atoms with Crippen molar-refractivity contribution >= 4 is 11.9 Å². The number of carbonyl (C=O) groups is 2. The van der Waals surface area contributed by atoms with Gasteiger partial charge < -0.3 is 15.3 Å². The highest BCUT2D eigenvalue weighted by molar-refractivity contribution is 5.85. The highest BCUT2D eigenvalue weighted by Gasteiger charge is 2.33. The van der Waals surface area contributed by atoms with Crippen molar-refractivity contribution in [3.8, 4) is 0 Å². The molecule has 20 heavy (non-hydrogen) atoms. The van der Waals surface area contributed by atoms with Crippen molar-refractivity contribution < 1.29 is 14.7 Å². The van der Waals surface area contributed by atoms with Crippen molar-refractivity contribution in [1.82, 2.24) is 10.2 Å². The van der Waals surface area contributed by atoms with Crippen LogP contribution < -0.4 is 5.32 Å². The summed E-state index contributed by atoms with van der Waals surface area (Å²) in [6.45, 7) is 5.62. The first-order valence-electron chi connectivity index (χ1n) is 7.33. The summed E-state index contributed by atoms with van der Waals surface area (Å²) in [6, 6.07) is 0.483. The second-order valence-corrected chi connectivity index (χ2v) is 5.52. The van der Waals surface area contributed by atoms with Gasteiger partial charge in [-0.15, -0.1) is 0 Å². The van der Waals surface area contributed by atoms with E-state index in [2.05, 4.69) is 24.1 Å². The predicted molar refractivity (Wildman–Crippen MR) is 78.4 cm³/mol. The Labute approximate surface area is 121 Å². The molecule has 0 bridgehead atoms. The Morgan fingerprint density at radius 2 is 1.95 bits per heavy atom. The van der Waals surface area contributed by atoms with E-state index in [1.165, 1.54) is 0 Å². The summed E-state index contributed by atoms with van der Waals surface area (Å²) in [5.74, 6) is -2.05. The van der Waals surface area contributed by atoms with Crippen LogP contribution >= 0.6 is 0 Å². The zero-order valence-corrected chi connectivity index (χ0v) is 12.6. The number of likely N-dealkylation sites (N-methyl/N-ethyl adjacent to an activating group) is 1. The lowest BCUT2D eigenvalue weighted by Crippen LogP contribution is -2.42. The molecule has 1 amide bonds. The molecule has 0 saturated heterocycles. The molecule has 1 unspecified atom stereocenters. The molecule has 1 aliphatic rings. The van der Waals surface area contributed by atoms with Crippen LogP contribution in [0.25, 0.3) is 0 Å². The second-order valence-electron chi connectivity index (χ2n) is 5.52. The number of carbonyl (C=O) groups excluding carboxylic acids is 1. The lowest BCUT2D eigenvalue weighted by Gasteiger charge is -2.26. The van der Waals surface area contributed by atoms with E-state index in [-0.39, 0.29) is 5.91 Å². The number of amides is 1. The zero-order chi connectivity index (χ0) is 15.1. The molecule has 0 heterocycles. The van der Waals surface area contributed by atoms with Crippen LogP contribution in [0.2, 0.25) is 0 Å². The number of nitrogens with one attached hydrogen (secondary N) is 1. The number of hydrogen-bond acceptors (Lipinski definition) is 3. The summed E-state index contributed by atoms with van der Waals surface area (Å²) < 4.78 is 0. The molecule has 114 valence electrons. The number of allylic oxidation sites excluding steroid dienone is 2. The Bertz CT molecular complexity index is 368. The molecule has 3 atom stereocenters. The zero-order valence-electron chi connectivity index (χ0n) is 12.6. The van der Waals surface area contributed by atoms with E-state index in [1.807, 2.05) is 19.2 Å². The number of carboxylic acid groups (broad SMARTS) is 1. The molecule has 1 rings (SSSR count). The Hall–Kier alpha value is -1.36. The van der Waals surface area contributed by atoms with Gasteiger partial charge in [0.25, 0.3) is 0 Å². The van der Waals surface area contributed by atoms with Crippen LogP contribution in [-0.4, -0.2) is 48.1 Å². The fraction of sp³-hybridized carbons (Fsp3) is 0.733. The van der Waals surface area contributed by atoms with Gasteiger partial charge in [-0.25, -0.2) is 0 Å². The van der Waals surface area contributed by atoms with Gasteiger partial charge in [-0.2, -0.15) is 0 Å². The molecular formula is C15H26N2O3. The molecule has 5 nitrogen and oxygen atoms in total. The van der Waals surface area contributed by atoms with Gasteiger partial charge in [0, 0.05) is 19.1 Å². The quantitative estimate of drug-likeness (QED) is 0.694. The van der Waals surface area contributed by atoms with Crippen LogP contribution in [0.5, 0.6) is 0 Å². The first-order valence-corrected chi connectivity index (χ1v) is 7.33. The van der Waals surface area contributed by atoms with Crippen molar-refractivity contribution in [3.63, 3.8) is 0 Å². The Balaban J connectivity index is 2.42. The van der Waals surface area contributed by atoms with Crippen LogP contribution in [0, 0.1) is 11.8 Å². The van der Waals surface area contributed by atoms with Gasteiger partial charge in [-0.3, -0.25) is 9.59 Å². The van der Waals surface area contributed by atoms with Gasteiger partial charge in [0.15, 0.2) is 0 Å². The largest absolute Gasteiger partial charge is 0.481 e. The minimum Gasteiger partial charge on any atom is -0.481 e. The normalized spacial score (nSPS) is 23.6. The topological polar surface area (TPSA) is 69.6 Å². The molecule has 0 fully saturated rings. The summed E-state index contributed by atoms with van der Waals surface area (Å²) in [6.07, 6.45) is 5.78. The molecule has 0 spiro atoms. The van der Waals surface area contributed by atoms with Crippen molar-refractivity contribution in [3.05, 3.63) is 12.2 Å². The third kappa shape index (κ3) is 4.63. The summed E-state index contributed by atoms with van der Waals surface area (Å²) >= 11 is 0. The van der Waals surface area contributed by atoms with E-state index in [0.29, 0.717) is 25.4 Å². The maximum Gasteiger partial charge on any atom is 0.307 e. The van der Waals surface area contributed by atoms with Crippen LogP contribution in [-0.2, 0) is 9.59 Å².